The molecule has 0 unspecified atom stereocenters. The molecule has 0 aliphatic heterocycles. The Balaban J connectivity index is 2.22. The highest BCUT2D eigenvalue weighted by Gasteiger charge is 1.97. The lowest BCUT2D eigenvalue weighted by atomic mass is 10.4. The van der Waals surface area contributed by atoms with Gasteiger partial charge >= 0.3 is 0 Å². The van der Waals surface area contributed by atoms with Crippen LogP contribution in [0.25, 0.3) is 0 Å². The first-order chi connectivity index (χ1) is 7.24. The van der Waals surface area contributed by atoms with Crippen molar-refractivity contribution in [3.05, 3.63) is 36.3 Å². The van der Waals surface area contributed by atoms with Gasteiger partial charge in [0.25, 0.3) is 0 Å². The Morgan fingerprint density at radius 3 is 2.80 bits per heavy atom. The maximum atomic E-state index is 5.56. The van der Waals surface area contributed by atoms with Crippen LogP contribution in [0.5, 0.6) is 0 Å². The summed E-state index contributed by atoms with van der Waals surface area (Å²) < 4.78 is 0. The topological polar surface area (TPSA) is 76.7 Å². The van der Waals surface area contributed by atoms with Crippen LogP contribution in [-0.2, 0) is 0 Å². The minimum Gasteiger partial charge on any atom is -0.384 e. The minimum atomic E-state index is 0.478. The van der Waals surface area contributed by atoms with Crippen LogP contribution < -0.4 is 11.1 Å². The summed E-state index contributed by atoms with van der Waals surface area (Å²) >= 11 is 0. The van der Waals surface area contributed by atoms with Crippen molar-refractivity contribution in [3.63, 3.8) is 0 Å². The Labute approximate surface area is 87.4 Å². The highest BCUT2D eigenvalue weighted by Crippen LogP contribution is 2.12. The van der Waals surface area contributed by atoms with E-state index in [4.69, 9.17) is 5.73 Å². The molecule has 0 spiro atoms. The lowest BCUT2D eigenvalue weighted by Gasteiger charge is -2.04. The number of aromatic nitrogens is 3. The van der Waals surface area contributed by atoms with E-state index in [2.05, 4.69) is 20.3 Å². The molecule has 0 bridgehead atoms. The van der Waals surface area contributed by atoms with Gasteiger partial charge in [-0.1, -0.05) is 6.07 Å². The standard InChI is InChI=1S/C10H11N5/c1-7-5-10(13-6-12-7)15-9-4-2-3-8(11)14-9/h2-6H,1H3,(H3,11,12,13,14,15). The quantitative estimate of drug-likeness (QED) is 0.770. The number of pyridine rings is 1. The molecule has 2 heterocycles. The van der Waals surface area contributed by atoms with Gasteiger partial charge in [-0.25, -0.2) is 15.0 Å². The second kappa shape index (κ2) is 3.91. The van der Waals surface area contributed by atoms with Crippen LogP contribution in [0.15, 0.2) is 30.6 Å². The Morgan fingerprint density at radius 1 is 1.20 bits per heavy atom. The van der Waals surface area contributed by atoms with Gasteiger partial charge in [-0.3, -0.25) is 0 Å². The van der Waals surface area contributed by atoms with Gasteiger partial charge in [0.05, 0.1) is 0 Å². The molecule has 0 saturated carbocycles. The first kappa shape index (κ1) is 9.39. The zero-order valence-electron chi connectivity index (χ0n) is 8.31. The van der Waals surface area contributed by atoms with Crippen LogP contribution >= 0.6 is 0 Å². The number of nitrogens with zero attached hydrogens (tertiary/aromatic N) is 3. The molecule has 0 saturated heterocycles. The van der Waals surface area contributed by atoms with Gasteiger partial charge < -0.3 is 11.1 Å². The normalized spacial score (nSPS) is 9.93. The molecule has 2 aromatic heterocycles. The number of hydrogen-bond donors (Lipinski definition) is 2. The first-order valence-corrected chi connectivity index (χ1v) is 4.52. The Bertz CT molecular complexity index is 425. The molecule has 76 valence electrons. The van der Waals surface area contributed by atoms with E-state index in [1.54, 1.807) is 6.07 Å². The van der Waals surface area contributed by atoms with Crippen molar-refractivity contribution < 1.29 is 0 Å². The van der Waals surface area contributed by atoms with Gasteiger partial charge in [0.15, 0.2) is 0 Å². The Hall–Kier alpha value is -2.17. The van der Waals surface area contributed by atoms with Crippen molar-refractivity contribution in [2.75, 3.05) is 11.1 Å². The molecule has 0 aliphatic rings. The minimum absolute atomic E-state index is 0.478. The van der Waals surface area contributed by atoms with Crippen molar-refractivity contribution in [2.24, 2.45) is 0 Å². The van der Waals surface area contributed by atoms with E-state index in [9.17, 15) is 0 Å². The predicted octanol–water partition coefficient (Wildman–Crippen LogP) is 1.51. The predicted molar refractivity (Wildman–Crippen MR) is 58.7 cm³/mol. The SMILES string of the molecule is Cc1cc(Nc2cccc(N)n2)ncn1. The van der Waals surface area contributed by atoms with Crippen LogP contribution in [0, 0.1) is 6.92 Å². The molecule has 0 fully saturated rings. The summed E-state index contributed by atoms with van der Waals surface area (Å²) in [5.41, 5.74) is 6.46. The summed E-state index contributed by atoms with van der Waals surface area (Å²) in [5.74, 6) is 1.86. The van der Waals surface area contributed by atoms with Crippen molar-refractivity contribution in [1.82, 2.24) is 15.0 Å². The zero-order chi connectivity index (χ0) is 10.7. The van der Waals surface area contributed by atoms with Gasteiger partial charge in [0, 0.05) is 11.8 Å². The van der Waals surface area contributed by atoms with E-state index in [1.807, 2.05) is 25.1 Å². The van der Waals surface area contributed by atoms with Crippen molar-refractivity contribution in [3.8, 4) is 0 Å². The fourth-order valence-electron chi connectivity index (χ4n) is 1.18. The fourth-order valence-corrected chi connectivity index (χ4v) is 1.18. The van der Waals surface area contributed by atoms with Gasteiger partial charge in [-0.05, 0) is 19.1 Å². The molecule has 0 aromatic carbocycles. The maximum Gasteiger partial charge on any atom is 0.135 e. The molecule has 2 rings (SSSR count). The molecule has 3 N–H and O–H groups in total. The molecule has 0 atom stereocenters. The monoisotopic (exact) mass is 201 g/mol. The van der Waals surface area contributed by atoms with Crippen LogP contribution in [0.4, 0.5) is 17.5 Å². The fraction of sp³-hybridized carbons (Fsp3) is 0.100. The number of rotatable bonds is 2. The first-order valence-electron chi connectivity index (χ1n) is 4.52. The van der Waals surface area contributed by atoms with Crippen molar-refractivity contribution >= 4 is 17.5 Å². The van der Waals surface area contributed by atoms with E-state index >= 15 is 0 Å². The number of aryl methyl sites for hydroxylation is 1. The smallest absolute Gasteiger partial charge is 0.135 e. The molecule has 2 aromatic rings. The third-order valence-electron chi connectivity index (χ3n) is 1.83. The van der Waals surface area contributed by atoms with E-state index in [0.717, 1.165) is 5.69 Å². The molecular weight excluding hydrogens is 190 g/mol. The summed E-state index contributed by atoms with van der Waals surface area (Å²) in [4.78, 5) is 12.2. The molecule has 15 heavy (non-hydrogen) atoms. The summed E-state index contributed by atoms with van der Waals surface area (Å²) in [7, 11) is 0. The lowest BCUT2D eigenvalue weighted by Crippen LogP contribution is -1.99. The van der Waals surface area contributed by atoms with Gasteiger partial charge in [0.2, 0.25) is 0 Å². The van der Waals surface area contributed by atoms with Gasteiger partial charge in [-0.15, -0.1) is 0 Å². The number of anilines is 3. The third-order valence-corrected chi connectivity index (χ3v) is 1.83. The molecular formula is C10H11N5. The highest BCUT2D eigenvalue weighted by molar-refractivity contribution is 5.53. The van der Waals surface area contributed by atoms with Crippen molar-refractivity contribution in [2.45, 2.75) is 6.92 Å². The Morgan fingerprint density at radius 2 is 2.07 bits per heavy atom. The second-order valence-corrected chi connectivity index (χ2v) is 3.12. The molecule has 0 aliphatic carbocycles. The maximum absolute atomic E-state index is 5.56. The Kier molecular flexibility index (Phi) is 2.45. The number of hydrogen-bond acceptors (Lipinski definition) is 5. The van der Waals surface area contributed by atoms with Crippen LogP contribution in [0.1, 0.15) is 5.69 Å². The van der Waals surface area contributed by atoms with E-state index in [0.29, 0.717) is 17.5 Å². The van der Waals surface area contributed by atoms with Crippen molar-refractivity contribution in [1.29, 1.82) is 0 Å². The molecule has 5 heteroatoms. The number of nitrogens with two attached hydrogens (primary N) is 1. The zero-order valence-corrected chi connectivity index (χ0v) is 8.31. The summed E-state index contributed by atoms with van der Waals surface area (Å²) in [6.45, 7) is 1.90. The average molecular weight is 201 g/mol. The van der Waals surface area contributed by atoms with Gasteiger partial charge in [-0.2, -0.15) is 0 Å². The summed E-state index contributed by atoms with van der Waals surface area (Å²) in [6.07, 6.45) is 1.50. The highest BCUT2D eigenvalue weighted by atomic mass is 15.1. The lowest BCUT2D eigenvalue weighted by molar-refractivity contribution is 1.10. The number of nitrogens with one attached hydrogen (secondary N) is 1. The van der Waals surface area contributed by atoms with Crippen LogP contribution in [0.3, 0.4) is 0 Å². The average Bonchev–Trinajstić information content (AvgIpc) is 2.17. The van der Waals surface area contributed by atoms with Crippen LogP contribution in [-0.4, -0.2) is 15.0 Å². The van der Waals surface area contributed by atoms with Crippen LogP contribution in [0.2, 0.25) is 0 Å². The second-order valence-electron chi connectivity index (χ2n) is 3.12. The largest absolute Gasteiger partial charge is 0.384 e. The van der Waals surface area contributed by atoms with E-state index < -0.39 is 0 Å². The molecule has 0 radical (unpaired) electrons. The molecule has 0 amide bonds. The molecule has 5 nitrogen and oxygen atoms in total. The third kappa shape index (κ3) is 2.40. The van der Waals surface area contributed by atoms with E-state index in [-0.39, 0.29) is 0 Å². The van der Waals surface area contributed by atoms with E-state index in [1.165, 1.54) is 6.33 Å². The number of nitrogen functional groups attached to an aromatic ring is 1. The summed E-state index contributed by atoms with van der Waals surface area (Å²) in [6, 6.07) is 7.23. The summed E-state index contributed by atoms with van der Waals surface area (Å²) in [5, 5.41) is 3.04. The van der Waals surface area contributed by atoms with Gasteiger partial charge in [0.1, 0.15) is 23.8 Å².